The quantitative estimate of drug-likeness (QED) is 0.734. The van der Waals surface area contributed by atoms with Gasteiger partial charge in [0.1, 0.15) is 0 Å². The third-order valence-electron chi connectivity index (χ3n) is 4.16. The Morgan fingerprint density at radius 2 is 1.75 bits per heavy atom. The molecular weight excluding hydrogens is 287 g/mol. The summed E-state index contributed by atoms with van der Waals surface area (Å²) in [5, 5.41) is 1.25. The van der Waals surface area contributed by atoms with E-state index in [1.54, 1.807) is 0 Å². The summed E-state index contributed by atoms with van der Waals surface area (Å²) < 4.78 is 2.26. The second-order valence-corrected chi connectivity index (χ2v) is 8.52. The molecule has 1 heterocycles. The molecule has 0 amide bonds. The summed E-state index contributed by atoms with van der Waals surface area (Å²) in [6.07, 6.45) is 3.73. The van der Waals surface area contributed by atoms with E-state index in [1.807, 2.05) is 0 Å². The summed E-state index contributed by atoms with van der Waals surface area (Å²) in [6.45, 7) is 7.88. The summed E-state index contributed by atoms with van der Waals surface area (Å²) in [4.78, 5) is 2.54. The Labute approximate surface area is 129 Å². The normalized spacial score (nSPS) is 24.4. The number of halogens is 1. The van der Waals surface area contributed by atoms with E-state index in [2.05, 4.69) is 61.7 Å². The van der Waals surface area contributed by atoms with E-state index < -0.39 is 7.43 Å². The fourth-order valence-electron chi connectivity index (χ4n) is 3.06. The zero-order chi connectivity index (χ0) is 14.7. The number of anilines is 1. The standard InChI is InChI=1S/C16H26ClN2P/c1-5-12-18(4)20(17)16-10-8-15(9-11-16)19-13(2)6-7-14(19)3/h8-11,13-14H,5-7,12H2,1-4H3. The summed E-state index contributed by atoms with van der Waals surface area (Å²) >= 11 is 6.58. The lowest BCUT2D eigenvalue weighted by Gasteiger charge is -2.29. The van der Waals surface area contributed by atoms with Crippen molar-refractivity contribution in [3.63, 3.8) is 0 Å². The molecule has 3 atom stereocenters. The van der Waals surface area contributed by atoms with Crippen molar-refractivity contribution in [1.29, 1.82) is 0 Å². The van der Waals surface area contributed by atoms with Gasteiger partial charge >= 0.3 is 0 Å². The molecule has 2 rings (SSSR count). The first-order valence-corrected chi connectivity index (χ1v) is 9.80. The highest BCUT2D eigenvalue weighted by Gasteiger charge is 2.27. The molecule has 1 aliphatic heterocycles. The molecule has 0 bridgehead atoms. The molecule has 0 aromatic heterocycles. The lowest BCUT2D eigenvalue weighted by molar-refractivity contribution is 0.551. The second-order valence-electron chi connectivity index (χ2n) is 5.84. The summed E-state index contributed by atoms with van der Waals surface area (Å²) in [5.41, 5.74) is 1.34. The van der Waals surface area contributed by atoms with Gasteiger partial charge in [-0.25, -0.2) is 0 Å². The van der Waals surface area contributed by atoms with Gasteiger partial charge in [0.05, 0.1) is 7.43 Å². The topological polar surface area (TPSA) is 6.48 Å². The van der Waals surface area contributed by atoms with Gasteiger partial charge in [0.2, 0.25) is 0 Å². The van der Waals surface area contributed by atoms with Gasteiger partial charge in [0.15, 0.2) is 0 Å². The molecule has 0 N–H and O–H groups in total. The van der Waals surface area contributed by atoms with Crippen LogP contribution in [0.25, 0.3) is 0 Å². The molecule has 3 unspecified atom stereocenters. The van der Waals surface area contributed by atoms with Crippen LogP contribution < -0.4 is 10.2 Å². The van der Waals surface area contributed by atoms with Crippen LogP contribution in [0.4, 0.5) is 5.69 Å². The molecule has 20 heavy (non-hydrogen) atoms. The molecule has 112 valence electrons. The Hall–Kier alpha value is -0.300. The van der Waals surface area contributed by atoms with Gasteiger partial charge in [-0.05, 0) is 52.3 Å². The molecule has 4 heteroatoms. The Morgan fingerprint density at radius 3 is 2.25 bits per heavy atom. The van der Waals surface area contributed by atoms with Crippen molar-refractivity contribution in [1.82, 2.24) is 4.67 Å². The van der Waals surface area contributed by atoms with Crippen molar-refractivity contribution in [2.45, 2.75) is 52.1 Å². The zero-order valence-electron chi connectivity index (χ0n) is 13.0. The third-order valence-corrected chi connectivity index (χ3v) is 7.04. The van der Waals surface area contributed by atoms with E-state index in [1.165, 1.54) is 23.8 Å². The van der Waals surface area contributed by atoms with E-state index in [9.17, 15) is 0 Å². The van der Waals surface area contributed by atoms with Gasteiger partial charge in [-0.2, -0.15) is 0 Å². The predicted octanol–water partition coefficient (Wildman–Crippen LogP) is 4.58. The van der Waals surface area contributed by atoms with Crippen LogP contribution in [0.2, 0.25) is 0 Å². The fraction of sp³-hybridized carbons (Fsp3) is 0.625. The van der Waals surface area contributed by atoms with Crippen molar-refractivity contribution >= 4 is 29.7 Å². The largest absolute Gasteiger partial charge is 0.366 e. The maximum Gasteiger partial charge on any atom is 0.0943 e. The number of benzene rings is 1. The number of nitrogens with zero attached hydrogens (tertiary/aromatic N) is 2. The molecule has 1 fully saturated rings. The first-order chi connectivity index (χ1) is 9.54. The Balaban J connectivity index is 2.10. The monoisotopic (exact) mass is 312 g/mol. The van der Waals surface area contributed by atoms with E-state index >= 15 is 0 Å². The maximum atomic E-state index is 6.58. The van der Waals surface area contributed by atoms with Crippen molar-refractivity contribution in [3.05, 3.63) is 24.3 Å². The number of rotatable bonds is 5. The van der Waals surface area contributed by atoms with Crippen LogP contribution in [-0.2, 0) is 0 Å². The van der Waals surface area contributed by atoms with Gasteiger partial charge in [0, 0.05) is 29.6 Å². The average molecular weight is 313 g/mol. The maximum absolute atomic E-state index is 6.58. The van der Waals surface area contributed by atoms with Crippen LogP contribution >= 0.6 is 18.7 Å². The first-order valence-electron chi connectivity index (χ1n) is 7.60. The van der Waals surface area contributed by atoms with E-state index in [0.717, 1.165) is 13.0 Å². The SMILES string of the molecule is CCCN(C)P(Cl)c1ccc(N2C(C)CCC2C)cc1. The second kappa shape index (κ2) is 7.11. The Bertz CT molecular complexity index is 413. The molecular formula is C16H26ClN2P. The van der Waals surface area contributed by atoms with Gasteiger partial charge < -0.3 is 4.90 Å². The van der Waals surface area contributed by atoms with E-state index in [-0.39, 0.29) is 0 Å². The van der Waals surface area contributed by atoms with Crippen molar-refractivity contribution in [3.8, 4) is 0 Å². The number of hydrogen-bond acceptors (Lipinski definition) is 2. The molecule has 0 saturated carbocycles. The first kappa shape index (κ1) is 16.1. The van der Waals surface area contributed by atoms with Crippen LogP contribution in [-0.4, -0.2) is 30.3 Å². The van der Waals surface area contributed by atoms with Gasteiger partial charge in [-0.1, -0.05) is 30.3 Å². The smallest absolute Gasteiger partial charge is 0.0943 e. The highest BCUT2D eigenvalue weighted by molar-refractivity contribution is 7.88. The predicted molar refractivity (Wildman–Crippen MR) is 92.4 cm³/mol. The minimum Gasteiger partial charge on any atom is -0.366 e. The lowest BCUT2D eigenvalue weighted by Crippen LogP contribution is -2.32. The molecule has 1 aliphatic rings. The molecule has 0 spiro atoms. The van der Waals surface area contributed by atoms with E-state index in [0.29, 0.717) is 12.1 Å². The molecule has 0 aliphatic carbocycles. The van der Waals surface area contributed by atoms with Gasteiger partial charge in [0.25, 0.3) is 0 Å². The van der Waals surface area contributed by atoms with Crippen LogP contribution in [0.3, 0.4) is 0 Å². The third kappa shape index (κ3) is 3.47. The Kier molecular flexibility index (Phi) is 5.72. The van der Waals surface area contributed by atoms with Gasteiger partial charge in [-0.15, -0.1) is 0 Å². The fourth-order valence-corrected chi connectivity index (χ4v) is 4.79. The van der Waals surface area contributed by atoms with Crippen molar-refractivity contribution < 1.29 is 0 Å². The molecule has 1 aromatic rings. The van der Waals surface area contributed by atoms with E-state index in [4.69, 9.17) is 11.2 Å². The van der Waals surface area contributed by atoms with Crippen molar-refractivity contribution in [2.24, 2.45) is 0 Å². The van der Waals surface area contributed by atoms with Crippen molar-refractivity contribution in [2.75, 3.05) is 18.5 Å². The number of hydrogen-bond donors (Lipinski definition) is 0. The zero-order valence-corrected chi connectivity index (χ0v) is 14.7. The van der Waals surface area contributed by atoms with Gasteiger partial charge in [-0.3, -0.25) is 4.67 Å². The van der Waals surface area contributed by atoms with Crippen LogP contribution in [0.15, 0.2) is 24.3 Å². The van der Waals surface area contributed by atoms with Crippen LogP contribution in [0.5, 0.6) is 0 Å². The molecule has 1 saturated heterocycles. The highest BCUT2D eigenvalue weighted by Crippen LogP contribution is 2.43. The molecule has 1 aromatic carbocycles. The van der Waals surface area contributed by atoms with Crippen LogP contribution in [0.1, 0.15) is 40.0 Å². The molecule has 0 radical (unpaired) electrons. The summed E-state index contributed by atoms with van der Waals surface area (Å²) in [6, 6.07) is 10.2. The highest BCUT2D eigenvalue weighted by atomic mass is 35.7. The molecule has 2 nitrogen and oxygen atoms in total. The summed E-state index contributed by atoms with van der Waals surface area (Å²) in [7, 11) is 1.41. The lowest BCUT2D eigenvalue weighted by atomic mass is 10.2. The Morgan fingerprint density at radius 1 is 1.20 bits per heavy atom. The van der Waals surface area contributed by atoms with Crippen LogP contribution in [0, 0.1) is 0 Å². The average Bonchev–Trinajstić information content (AvgIpc) is 2.78. The minimum atomic E-state index is -0.702. The summed E-state index contributed by atoms with van der Waals surface area (Å²) in [5.74, 6) is 0. The minimum absolute atomic E-state index is 0.649.